The van der Waals surface area contributed by atoms with E-state index in [1.165, 1.54) is 13.2 Å². The van der Waals surface area contributed by atoms with Crippen molar-refractivity contribution in [1.29, 1.82) is 0 Å². The molecule has 0 saturated heterocycles. The van der Waals surface area contributed by atoms with Crippen LogP contribution in [0.1, 0.15) is 42.6 Å². The van der Waals surface area contributed by atoms with Crippen molar-refractivity contribution in [3.63, 3.8) is 0 Å². The number of aromatic nitrogens is 1. The van der Waals surface area contributed by atoms with E-state index in [0.29, 0.717) is 18.5 Å². The molecule has 1 aliphatic rings. The zero-order chi connectivity index (χ0) is 14.6. The van der Waals surface area contributed by atoms with Crippen LogP contribution in [0.15, 0.2) is 18.3 Å². The molecular weight excluding hydrogens is 258 g/mol. The molecule has 0 aromatic carbocycles. The highest BCUT2D eigenvalue weighted by Crippen LogP contribution is 2.32. The number of nitrogens with one attached hydrogen (secondary N) is 2. The molecule has 2 rings (SSSR count). The minimum atomic E-state index is -0.931. The normalized spacial score (nSPS) is 17.2. The fraction of sp³-hybridized carbons (Fsp3) is 0.500. The van der Waals surface area contributed by atoms with Gasteiger partial charge in [-0.25, -0.2) is 4.79 Å². The molecule has 1 saturated carbocycles. The van der Waals surface area contributed by atoms with E-state index in [0.717, 1.165) is 19.3 Å². The molecule has 6 heteroatoms. The summed E-state index contributed by atoms with van der Waals surface area (Å²) in [5, 5.41) is 15.1. The minimum Gasteiger partial charge on any atom is -0.480 e. The zero-order valence-electron chi connectivity index (χ0n) is 11.5. The number of carbonyl (C=O) groups excluding carboxylic acids is 1. The topological polar surface area (TPSA) is 91.3 Å². The summed E-state index contributed by atoms with van der Waals surface area (Å²) in [5.41, 5.74) is -0.0451. The Balaban J connectivity index is 2.23. The summed E-state index contributed by atoms with van der Waals surface area (Å²) in [5.74, 6) is -1.13. The number of amides is 1. The predicted molar refractivity (Wildman–Crippen MR) is 74.7 cm³/mol. The standard InChI is InChI=1S/C14H19N3O3/c1-15-12(18)11-9-10(5-8-16-11)17-14(13(19)20)6-3-2-4-7-14/h5,8-9H,2-4,6-7H2,1H3,(H,15,18)(H,16,17)(H,19,20). The maximum atomic E-state index is 11.6. The summed E-state index contributed by atoms with van der Waals surface area (Å²) < 4.78 is 0. The number of carboxylic acids is 1. The number of carbonyl (C=O) groups is 2. The smallest absolute Gasteiger partial charge is 0.329 e. The van der Waals surface area contributed by atoms with Gasteiger partial charge in [0.2, 0.25) is 0 Å². The van der Waals surface area contributed by atoms with Gasteiger partial charge in [-0.3, -0.25) is 9.78 Å². The largest absolute Gasteiger partial charge is 0.480 e. The third-order valence-corrected chi connectivity index (χ3v) is 3.72. The van der Waals surface area contributed by atoms with Gasteiger partial charge in [0.15, 0.2) is 0 Å². The van der Waals surface area contributed by atoms with Gasteiger partial charge in [0.25, 0.3) is 5.91 Å². The van der Waals surface area contributed by atoms with Crippen LogP contribution in [0.2, 0.25) is 0 Å². The second-order valence-electron chi connectivity index (χ2n) is 5.08. The summed E-state index contributed by atoms with van der Waals surface area (Å²) in [4.78, 5) is 27.1. The van der Waals surface area contributed by atoms with Crippen LogP contribution in [-0.4, -0.2) is 34.6 Å². The van der Waals surface area contributed by atoms with Gasteiger partial charge in [-0.05, 0) is 25.0 Å². The van der Waals surface area contributed by atoms with E-state index in [1.54, 1.807) is 12.1 Å². The maximum absolute atomic E-state index is 11.6. The van der Waals surface area contributed by atoms with Crippen molar-refractivity contribution in [1.82, 2.24) is 10.3 Å². The number of hydrogen-bond donors (Lipinski definition) is 3. The quantitative estimate of drug-likeness (QED) is 0.778. The molecule has 0 radical (unpaired) electrons. The van der Waals surface area contributed by atoms with Gasteiger partial charge in [0.05, 0.1) is 0 Å². The summed E-state index contributed by atoms with van der Waals surface area (Å²) in [6.07, 6.45) is 5.56. The first-order valence-corrected chi connectivity index (χ1v) is 6.77. The van der Waals surface area contributed by atoms with Gasteiger partial charge >= 0.3 is 5.97 Å². The lowest BCUT2D eigenvalue weighted by molar-refractivity contribution is -0.143. The number of pyridine rings is 1. The lowest BCUT2D eigenvalue weighted by Gasteiger charge is -2.34. The number of nitrogens with zero attached hydrogens (tertiary/aromatic N) is 1. The van der Waals surface area contributed by atoms with Crippen LogP contribution in [0.25, 0.3) is 0 Å². The van der Waals surface area contributed by atoms with Crippen molar-refractivity contribution < 1.29 is 14.7 Å². The number of hydrogen-bond acceptors (Lipinski definition) is 4. The Hall–Kier alpha value is -2.11. The van der Waals surface area contributed by atoms with Gasteiger partial charge in [-0.2, -0.15) is 0 Å². The van der Waals surface area contributed by atoms with Crippen LogP contribution in [0.4, 0.5) is 5.69 Å². The average Bonchev–Trinajstić information content (AvgIpc) is 2.47. The van der Waals surface area contributed by atoms with E-state index in [1.807, 2.05) is 0 Å². The van der Waals surface area contributed by atoms with Crippen molar-refractivity contribution in [3.8, 4) is 0 Å². The molecule has 0 unspecified atom stereocenters. The fourth-order valence-electron chi connectivity index (χ4n) is 2.58. The summed E-state index contributed by atoms with van der Waals surface area (Å²) >= 11 is 0. The van der Waals surface area contributed by atoms with Gasteiger partial charge in [-0.15, -0.1) is 0 Å². The molecule has 108 valence electrons. The van der Waals surface area contributed by atoms with Crippen molar-refractivity contribution in [2.75, 3.05) is 12.4 Å². The first-order valence-electron chi connectivity index (χ1n) is 6.77. The Morgan fingerprint density at radius 3 is 2.60 bits per heavy atom. The fourth-order valence-corrected chi connectivity index (χ4v) is 2.58. The molecule has 0 aliphatic heterocycles. The first-order chi connectivity index (χ1) is 9.57. The molecular formula is C14H19N3O3. The Morgan fingerprint density at radius 1 is 1.30 bits per heavy atom. The first kappa shape index (κ1) is 14.3. The Kier molecular flexibility index (Phi) is 4.22. The average molecular weight is 277 g/mol. The van der Waals surface area contributed by atoms with Crippen LogP contribution in [0, 0.1) is 0 Å². The molecule has 20 heavy (non-hydrogen) atoms. The van der Waals surface area contributed by atoms with E-state index in [-0.39, 0.29) is 11.6 Å². The summed E-state index contributed by atoms with van der Waals surface area (Å²) in [6, 6.07) is 3.27. The molecule has 1 heterocycles. The van der Waals surface area contributed by atoms with E-state index < -0.39 is 11.5 Å². The second kappa shape index (κ2) is 5.90. The molecule has 0 spiro atoms. The van der Waals surface area contributed by atoms with Gasteiger partial charge in [0, 0.05) is 18.9 Å². The third-order valence-electron chi connectivity index (χ3n) is 3.72. The molecule has 1 amide bonds. The van der Waals surface area contributed by atoms with E-state index >= 15 is 0 Å². The zero-order valence-corrected chi connectivity index (χ0v) is 11.5. The molecule has 1 aromatic rings. The Bertz CT molecular complexity index is 510. The van der Waals surface area contributed by atoms with Gasteiger partial charge in [0.1, 0.15) is 11.2 Å². The minimum absolute atomic E-state index is 0.272. The highest BCUT2D eigenvalue weighted by Gasteiger charge is 2.39. The van der Waals surface area contributed by atoms with Crippen molar-refractivity contribution in [3.05, 3.63) is 24.0 Å². The lowest BCUT2D eigenvalue weighted by Crippen LogP contribution is -2.47. The Labute approximate surface area is 117 Å². The van der Waals surface area contributed by atoms with Crippen LogP contribution >= 0.6 is 0 Å². The van der Waals surface area contributed by atoms with Crippen molar-refractivity contribution >= 4 is 17.6 Å². The van der Waals surface area contributed by atoms with Crippen LogP contribution in [0.3, 0.4) is 0 Å². The molecule has 6 nitrogen and oxygen atoms in total. The van der Waals surface area contributed by atoms with E-state index in [4.69, 9.17) is 0 Å². The number of anilines is 1. The number of carboxylic acid groups (broad SMARTS) is 1. The van der Waals surface area contributed by atoms with Crippen LogP contribution in [0.5, 0.6) is 0 Å². The molecule has 3 N–H and O–H groups in total. The van der Waals surface area contributed by atoms with E-state index in [2.05, 4.69) is 15.6 Å². The SMILES string of the molecule is CNC(=O)c1cc(NC2(C(=O)O)CCCCC2)ccn1. The lowest BCUT2D eigenvalue weighted by atomic mass is 9.81. The molecule has 1 fully saturated rings. The van der Waals surface area contributed by atoms with Crippen LogP contribution in [-0.2, 0) is 4.79 Å². The highest BCUT2D eigenvalue weighted by atomic mass is 16.4. The number of rotatable bonds is 4. The highest BCUT2D eigenvalue weighted by molar-refractivity contribution is 5.93. The monoisotopic (exact) mass is 277 g/mol. The Morgan fingerprint density at radius 2 is 2.00 bits per heavy atom. The second-order valence-corrected chi connectivity index (χ2v) is 5.08. The molecule has 1 aromatic heterocycles. The van der Waals surface area contributed by atoms with Gasteiger partial charge in [-0.1, -0.05) is 19.3 Å². The molecule has 0 atom stereocenters. The molecule has 1 aliphatic carbocycles. The number of aliphatic carboxylic acids is 1. The molecule has 0 bridgehead atoms. The van der Waals surface area contributed by atoms with Crippen molar-refractivity contribution in [2.45, 2.75) is 37.6 Å². The third kappa shape index (κ3) is 2.89. The van der Waals surface area contributed by atoms with Gasteiger partial charge < -0.3 is 15.7 Å². The van der Waals surface area contributed by atoms with E-state index in [9.17, 15) is 14.7 Å². The summed E-state index contributed by atoms with van der Waals surface area (Å²) in [6.45, 7) is 0. The summed E-state index contributed by atoms with van der Waals surface area (Å²) in [7, 11) is 1.53. The maximum Gasteiger partial charge on any atom is 0.329 e. The van der Waals surface area contributed by atoms with Crippen LogP contribution < -0.4 is 10.6 Å². The van der Waals surface area contributed by atoms with Crippen molar-refractivity contribution in [2.24, 2.45) is 0 Å². The predicted octanol–water partition coefficient (Wildman–Crippen LogP) is 1.64.